The van der Waals surface area contributed by atoms with Crippen molar-refractivity contribution in [1.82, 2.24) is 9.97 Å². The first kappa shape index (κ1) is 17.4. The Morgan fingerprint density at radius 3 is 2.96 bits per heavy atom. The molecule has 0 spiro atoms. The molecule has 0 aliphatic carbocycles. The molecule has 2 heterocycles. The highest BCUT2D eigenvalue weighted by molar-refractivity contribution is 6.31. The molecule has 3 rings (SSSR count). The van der Waals surface area contributed by atoms with Gasteiger partial charge in [-0.1, -0.05) is 11.6 Å². The molecule has 1 amide bonds. The Hall–Kier alpha value is -2.38. The van der Waals surface area contributed by atoms with E-state index in [1.54, 1.807) is 18.2 Å². The lowest BCUT2D eigenvalue weighted by molar-refractivity contribution is 0.102. The number of hydrogen-bond acceptors (Lipinski definition) is 6. The van der Waals surface area contributed by atoms with Gasteiger partial charge in [0.15, 0.2) is 0 Å². The van der Waals surface area contributed by atoms with E-state index in [0.29, 0.717) is 28.8 Å². The van der Waals surface area contributed by atoms with E-state index in [9.17, 15) is 4.79 Å². The number of rotatable bonds is 6. The Bertz CT molecular complexity index is 733. The number of hydrogen-bond donors (Lipinski definition) is 2. The Morgan fingerprint density at radius 2 is 2.28 bits per heavy atom. The molecule has 0 saturated carbocycles. The van der Waals surface area contributed by atoms with Gasteiger partial charge in [-0.15, -0.1) is 0 Å². The first-order chi connectivity index (χ1) is 12.2. The van der Waals surface area contributed by atoms with Gasteiger partial charge in [0.2, 0.25) is 0 Å². The van der Waals surface area contributed by atoms with Crippen LogP contribution in [0.25, 0.3) is 0 Å². The summed E-state index contributed by atoms with van der Waals surface area (Å²) in [6.45, 7) is 1.49. The van der Waals surface area contributed by atoms with E-state index >= 15 is 0 Å². The maximum atomic E-state index is 12.3. The number of carbonyl (C=O) groups excluding carboxylic acids is 1. The largest absolute Gasteiger partial charge is 0.495 e. The summed E-state index contributed by atoms with van der Waals surface area (Å²) in [5.74, 6) is 0.728. The van der Waals surface area contributed by atoms with Crippen LogP contribution in [0, 0.1) is 0 Å². The summed E-state index contributed by atoms with van der Waals surface area (Å²) < 4.78 is 10.7. The number of methoxy groups -OCH3 is 1. The molecule has 1 aliphatic rings. The molecular formula is C17H19ClN4O3. The van der Waals surface area contributed by atoms with Crippen LogP contribution >= 0.6 is 11.6 Å². The number of carbonyl (C=O) groups is 1. The molecule has 1 aliphatic heterocycles. The lowest BCUT2D eigenvalue weighted by atomic mass is 10.2. The molecule has 25 heavy (non-hydrogen) atoms. The quantitative estimate of drug-likeness (QED) is 0.821. The zero-order chi connectivity index (χ0) is 17.6. The number of amides is 1. The lowest BCUT2D eigenvalue weighted by Crippen LogP contribution is -2.19. The SMILES string of the molecule is COc1ccc(Cl)cc1NC(=O)c1cnc(NCC2CCCO2)cn1. The van der Waals surface area contributed by atoms with E-state index in [1.165, 1.54) is 19.5 Å². The standard InChI is InChI=1S/C17H19ClN4O3/c1-24-15-5-4-11(18)7-13(15)22-17(23)14-9-21-16(10-19-14)20-8-12-3-2-6-25-12/h4-5,7,9-10,12H,2-3,6,8H2,1H3,(H,20,21)(H,22,23). The minimum absolute atomic E-state index is 0.199. The number of halogens is 1. The maximum absolute atomic E-state index is 12.3. The lowest BCUT2D eigenvalue weighted by Gasteiger charge is -2.12. The normalized spacial score (nSPS) is 16.5. The van der Waals surface area contributed by atoms with Gasteiger partial charge in [0.05, 0.1) is 31.3 Å². The molecule has 1 unspecified atom stereocenters. The highest BCUT2D eigenvalue weighted by atomic mass is 35.5. The van der Waals surface area contributed by atoms with Crippen LogP contribution in [-0.4, -0.2) is 42.2 Å². The third-order valence-electron chi connectivity index (χ3n) is 3.83. The fraction of sp³-hybridized carbons (Fsp3) is 0.353. The van der Waals surface area contributed by atoms with E-state index in [-0.39, 0.29) is 11.8 Å². The molecule has 8 heteroatoms. The summed E-state index contributed by atoms with van der Waals surface area (Å²) in [6.07, 6.45) is 5.29. The van der Waals surface area contributed by atoms with Crippen LogP contribution in [-0.2, 0) is 4.74 Å². The number of aromatic nitrogens is 2. The van der Waals surface area contributed by atoms with Crippen molar-refractivity contribution in [2.24, 2.45) is 0 Å². The third kappa shape index (κ3) is 4.58. The number of nitrogens with zero attached hydrogens (tertiary/aromatic N) is 2. The molecule has 2 N–H and O–H groups in total. The van der Waals surface area contributed by atoms with Gasteiger partial charge in [-0.05, 0) is 31.0 Å². The zero-order valence-electron chi connectivity index (χ0n) is 13.8. The van der Waals surface area contributed by atoms with Crippen molar-refractivity contribution < 1.29 is 14.3 Å². The maximum Gasteiger partial charge on any atom is 0.275 e. The molecular weight excluding hydrogens is 344 g/mol. The van der Waals surface area contributed by atoms with Crippen molar-refractivity contribution in [2.45, 2.75) is 18.9 Å². The van der Waals surface area contributed by atoms with Crippen molar-refractivity contribution in [3.05, 3.63) is 41.3 Å². The average Bonchev–Trinajstić information content (AvgIpc) is 3.14. The van der Waals surface area contributed by atoms with E-state index in [2.05, 4.69) is 20.6 Å². The van der Waals surface area contributed by atoms with Crippen LogP contribution in [0.15, 0.2) is 30.6 Å². The predicted octanol–water partition coefficient (Wildman–Crippen LogP) is 2.98. The van der Waals surface area contributed by atoms with Crippen molar-refractivity contribution in [1.29, 1.82) is 0 Å². The van der Waals surface area contributed by atoms with Crippen molar-refractivity contribution in [2.75, 3.05) is 30.9 Å². The Balaban J connectivity index is 1.61. The van der Waals surface area contributed by atoms with E-state index < -0.39 is 5.91 Å². The Labute approximate surface area is 150 Å². The fourth-order valence-electron chi connectivity index (χ4n) is 2.52. The predicted molar refractivity (Wildman–Crippen MR) is 95.5 cm³/mol. The Kier molecular flexibility index (Phi) is 5.67. The number of ether oxygens (including phenoxy) is 2. The summed E-state index contributed by atoms with van der Waals surface area (Å²) in [4.78, 5) is 20.7. The molecule has 1 atom stereocenters. The molecule has 0 bridgehead atoms. The first-order valence-corrected chi connectivity index (χ1v) is 8.36. The van der Waals surface area contributed by atoms with Crippen molar-refractivity contribution in [3.63, 3.8) is 0 Å². The van der Waals surface area contributed by atoms with Crippen LogP contribution in [0.5, 0.6) is 5.75 Å². The van der Waals surface area contributed by atoms with Crippen molar-refractivity contribution >= 4 is 29.0 Å². The minimum Gasteiger partial charge on any atom is -0.495 e. The van der Waals surface area contributed by atoms with Gasteiger partial charge in [0.25, 0.3) is 5.91 Å². The van der Waals surface area contributed by atoms with E-state index in [0.717, 1.165) is 19.4 Å². The molecule has 132 valence electrons. The van der Waals surface area contributed by atoms with Crippen LogP contribution in [0.3, 0.4) is 0 Å². The van der Waals surface area contributed by atoms with Gasteiger partial charge in [0.1, 0.15) is 17.3 Å². The molecule has 7 nitrogen and oxygen atoms in total. The van der Waals surface area contributed by atoms with Gasteiger partial charge in [-0.2, -0.15) is 0 Å². The van der Waals surface area contributed by atoms with Gasteiger partial charge in [-0.25, -0.2) is 9.97 Å². The molecule has 1 saturated heterocycles. The molecule has 2 aromatic rings. The third-order valence-corrected chi connectivity index (χ3v) is 4.06. The molecule has 1 aromatic carbocycles. The smallest absolute Gasteiger partial charge is 0.275 e. The summed E-state index contributed by atoms with van der Waals surface area (Å²) >= 11 is 5.96. The second-order valence-electron chi connectivity index (χ2n) is 5.60. The van der Waals surface area contributed by atoms with E-state index in [1.807, 2.05) is 0 Å². The van der Waals surface area contributed by atoms with E-state index in [4.69, 9.17) is 21.1 Å². The fourth-order valence-corrected chi connectivity index (χ4v) is 2.70. The van der Waals surface area contributed by atoms with Crippen LogP contribution < -0.4 is 15.4 Å². The summed E-state index contributed by atoms with van der Waals surface area (Å²) in [5.41, 5.74) is 0.673. The van der Waals surface area contributed by atoms with Gasteiger partial charge < -0.3 is 20.1 Å². The Morgan fingerprint density at radius 1 is 1.40 bits per heavy atom. The monoisotopic (exact) mass is 362 g/mol. The summed E-state index contributed by atoms with van der Waals surface area (Å²) in [6, 6.07) is 4.98. The second kappa shape index (κ2) is 8.13. The van der Waals surface area contributed by atoms with Gasteiger partial charge >= 0.3 is 0 Å². The topological polar surface area (TPSA) is 85.4 Å². The van der Waals surface area contributed by atoms with Gasteiger partial charge in [-0.3, -0.25) is 4.79 Å². The van der Waals surface area contributed by atoms with Crippen LogP contribution in [0.1, 0.15) is 23.3 Å². The van der Waals surface area contributed by atoms with Crippen LogP contribution in [0.2, 0.25) is 5.02 Å². The number of nitrogens with one attached hydrogen (secondary N) is 2. The van der Waals surface area contributed by atoms with Crippen LogP contribution in [0.4, 0.5) is 11.5 Å². The summed E-state index contributed by atoms with van der Waals surface area (Å²) in [5, 5.41) is 6.38. The summed E-state index contributed by atoms with van der Waals surface area (Å²) in [7, 11) is 1.52. The molecule has 0 radical (unpaired) electrons. The molecule has 1 fully saturated rings. The minimum atomic E-state index is -0.390. The highest BCUT2D eigenvalue weighted by Gasteiger charge is 2.16. The first-order valence-electron chi connectivity index (χ1n) is 7.98. The van der Waals surface area contributed by atoms with Crippen molar-refractivity contribution in [3.8, 4) is 5.75 Å². The second-order valence-corrected chi connectivity index (χ2v) is 6.04. The van der Waals surface area contributed by atoms with Gasteiger partial charge in [0, 0.05) is 18.2 Å². The highest BCUT2D eigenvalue weighted by Crippen LogP contribution is 2.27. The average molecular weight is 363 g/mol. The number of benzene rings is 1. The molecule has 1 aromatic heterocycles. The zero-order valence-corrected chi connectivity index (χ0v) is 14.5. The number of anilines is 2.